The van der Waals surface area contributed by atoms with Crippen LogP contribution in [0.3, 0.4) is 0 Å². The van der Waals surface area contributed by atoms with Crippen molar-refractivity contribution in [1.82, 2.24) is 0 Å². The maximum atomic E-state index is 13.2. The van der Waals surface area contributed by atoms with E-state index in [0.717, 1.165) is 6.07 Å². The fraction of sp³-hybridized carbons (Fsp3) is 0.250. The van der Waals surface area contributed by atoms with Gasteiger partial charge in [0.2, 0.25) is 5.91 Å². The molecule has 0 aromatic heterocycles. The van der Waals surface area contributed by atoms with Gasteiger partial charge in [0, 0.05) is 24.9 Å². The van der Waals surface area contributed by atoms with Gasteiger partial charge in [-0.1, -0.05) is 17.7 Å². The third-order valence-corrected chi connectivity index (χ3v) is 3.14. The fourth-order valence-electron chi connectivity index (χ4n) is 1.91. The molecule has 0 saturated carbocycles. The van der Waals surface area contributed by atoms with Crippen molar-refractivity contribution < 1.29 is 9.18 Å². The molecule has 5 heteroatoms. The van der Waals surface area contributed by atoms with Crippen LogP contribution < -0.4 is 10.6 Å². The maximum Gasteiger partial charge on any atom is 0.227 e. The van der Waals surface area contributed by atoms with Crippen LogP contribution in [0.15, 0.2) is 24.8 Å². The standard InChI is InChI=1S/C12H12ClFN2O/c1-2-7-3-12(17)16(6-7)11-4-8(13)9(14)5-10(11)15/h2,4-5,7H,1,3,6,15H2. The molecule has 2 N–H and O–H groups in total. The number of nitrogen functional groups attached to an aromatic ring is 1. The van der Waals surface area contributed by atoms with Gasteiger partial charge in [-0.2, -0.15) is 0 Å². The SMILES string of the molecule is C=CC1CC(=O)N(c2cc(Cl)c(F)cc2N)C1. The van der Waals surface area contributed by atoms with E-state index in [2.05, 4.69) is 6.58 Å². The number of nitrogens with zero attached hydrogens (tertiary/aromatic N) is 1. The van der Waals surface area contributed by atoms with Gasteiger partial charge in [-0.25, -0.2) is 4.39 Å². The second-order valence-corrected chi connectivity index (χ2v) is 4.44. The highest BCUT2D eigenvalue weighted by Crippen LogP contribution is 2.33. The number of hydrogen-bond acceptors (Lipinski definition) is 2. The third kappa shape index (κ3) is 2.13. The lowest BCUT2D eigenvalue weighted by Crippen LogP contribution is -2.25. The molecule has 1 atom stereocenters. The van der Waals surface area contributed by atoms with Crippen LogP contribution in [0.4, 0.5) is 15.8 Å². The monoisotopic (exact) mass is 254 g/mol. The van der Waals surface area contributed by atoms with E-state index in [1.54, 1.807) is 6.08 Å². The molecule has 1 amide bonds. The van der Waals surface area contributed by atoms with Gasteiger partial charge in [0.05, 0.1) is 16.4 Å². The van der Waals surface area contributed by atoms with Gasteiger partial charge in [0.15, 0.2) is 0 Å². The zero-order valence-electron chi connectivity index (χ0n) is 9.12. The van der Waals surface area contributed by atoms with Crippen molar-refractivity contribution >= 4 is 28.9 Å². The molecule has 0 spiro atoms. The van der Waals surface area contributed by atoms with E-state index in [1.165, 1.54) is 11.0 Å². The summed E-state index contributed by atoms with van der Waals surface area (Å²) in [6.45, 7) is 4.17. The van der Waals surface area contributed by atoms with Gasteiger partial charge in [-0.3, -0.25) is 4.79 Å². The highest BCUT2D eigenvalue weighted by atomic mass is 35.5. The summed E-state index contributed by atoms with van der Waals surface area (Å²) in [5, 5.41) is -0.0379. The summed E-state index contributed by atoms with van der Waals surface area (Å²) >= 11 is 5.69. The number of hydrogen-bond donors (Lipinski definition) is 1. The van der Waals surface area contributed by atoms with Gasteiger partial charge in [0.25, 0.3) is 0 Å². The van der Waals surface area contributed by atoms with E-state index in [9.17, 15) is 9.18 Å². The molecule has 1 saturated heterocycles. The molecule has 0 aliphatic carbocycles. The highest BCUT2D eigenvalue weighted by molar-refractivity contribution is 6.31. The molecule has 1 aliphatic rings. The number of anilines is 2. The van der Waals surface area contributed by atoms with Crippen molar-refractivity contribution in [2.75, 3.05) is 17.2 Å². The second kappa shape index (κ2) is 4.37. The van der Waals surface area contributed by atoms with Gasteiger partial charge in [-0.15, -0.1) is 6.58 Å². The lowest BCUT2D eigenvalue weighted by Gasteiger charge is -2.18. The topological polar surface area (TPSA) is 46.3 Å². The Bertz CT molecular complexity index is 490. The van der Waals surface area contributed by atoms with E-state index in [0.29, 0.717) is 18.7 Å². The maximum absolute atomic E-state index is 13.2. The Balaban J connectivity index is 2.38. The van der Waals surface area contributed by atoms with Crippen molar-refractivity contribution in [3.8, 4) is 0 Å². The Labute approximate surface area is 104 Å². The quantitative estimate of drug-likeness (QED) is 0.651. The lowest BCUT2D eigenvalue weighted by atomic mass is 10.1. The largest absolute Gasteiger partial charge is 0.397 e. The zero-order valence-corrected chi connectivity index (χ0v) is 9.88. The summed E-state index contributed by atoms with van der Waals surface area (Å²) in [6.07, 6.45) is 2.14. The zero-order chi connectivity index (χ0) is 12.6. The summed E-state index contributed by atoms with van der Waals surface area (Å²) in [7, 11) is 0. The number of carbonyl (C=O) groups is 1. The average Bonchev–Trinajstić information content (AvgIpc) is 2.65. The van der Waals surface area contributed by atoms with Crippen molar-refractivity contribution in [3.05, 3.63) is 35.6 Å². The van der Waals surface area contributed by atoms with E-state index >= 15 is 0 Å². The second-order valence-electron chi connectivity index (χ2n) is 4.03. The normalized spacial score (nSPS) is 19.8. The van der Waals surface area contributed by atoms with E-state index in [-0.39, 0.29) is 22.5 Å². The summed E-state index contributed by atoms with van der Waals surface area (Å²) in [4.78, 5) is 13.3. The summed E-state index contributed by atoms with van der Waals surface area (Å²) in [5.41, 5.74) is 6.38. The van der Waals surface area contributed by atoms with Crippen LogP contribution in [0.2, 0.25) is 5.02 Å². The van der Waals surface area contributed by atoms with E-state index in [4.69, 9.17) is 17.3 Å². The van der Waals surface area contributed by atoms with Crippen LogP contribution in [0, 0.1) is 11.7 Å². The van der Waals surface area contributed by atoms with Crippen LogP contribution in [0.25, 0.3) is 0 Å². The van der Waals surface area contributed by atoms with Crippen LogP contribution in [0.1, 0.15) is 6.42 Å². The molecule has 1 fully saturated rings. The predicted octanol–water partition coefficient (Wildman–Crippen LogP) is 2.60. The average molecular weight is 255 g/mol. The molecule has 0 radical (unpaired) electrons. The first-order chi connectivity index (χ1) is 8.02. The highest BCUT2D eigenvalue weighted by Gasteiger charge is 2.30. The Morgan fingerprint density at radius 2 is 2.29 bits per heavy atom. The minimum atomic E-state index is -0.583. The Kier molecular flexibility index (Phi) is 3.07. The Hall–Kier alpha value is -1.55. The minimum Gasteiger partial charge on any atom is -0.397 e. The fourth-order valence-corrected chi connectivity index (χ4v) is 2.07. The number of rotatable bonds is 2. The van der Waals surface area contributed by atoms with E-state index < -0.39 is 5.82 Å². The van der Waals surface area contributed by atoms with Crippen molar-refractivity contribution in [2.45, 2.75) is 6.42 Å². The number of benzene rings is 1. The summed E-state index contributed by atoms with van der Waals surface area (Å²) in [5.74, 6) is -0.533. The smallest absolute Gasteiger partial charge is 0.227 e. The van der Waals surface area contributed by atoms with E-state index in [1.807, 2.05) is 0 Å². The number of nitrogens with two attached hydrogens (primary N) is 1. The molecule has 1 aliphatic heterocycles. The minimum absolute atomic E-state index is 0.0379. The van der Waals surface area contributed by atoms with Crippen LogP contribution >= 0.6 is 11.6 Å². The Morgan fingerprint density at radius 3 is 2.88 bits per heavy atom. The summed E-state index contributed by atoms with van der Waals surface area (Å²) < 4.78 is 13.2. The van der Waals surface area contributed by atoms with Gasteiger partial charge in [0.1, 0.15) is 5.82 Å². The number of halogens is 2. The molecule has 3 nitrogen and oxygen atoms in total. The van der Waals surface area contributed by atoms with Crippen molar-refractivity contribution in [1.29, 1.82) is 0 Å². The summed E-state index contributed by atoms with van der Waals surface area (Å²) in [6, 6.07) is 2.52. The van der Waals surface area contributed by atoms with Crippen molar-refractivity contribution in [3.63, 3.8) is 0 Å². The van der Waals surface area contributed by atoms with Crippen molar-refractivity contribution in [2.24, 2.45) is 5.92 Å². The van der Waals surface area contributed by atoms with Gasteiger partial charge in [-0.05, 0) is 6.07 Å². The molecule has 2 rings (SSSR count). The first-order valence-electron chi connectivity index (χ1n) is 5.20. The van der Waals surface area contributed by atoms with Gasteiger partial charge >= 0.3 is 0 Å². The van der Waals surface area contributed by atoms with Crippen LogP contribution in [-0.2, 0) is 4.79 Å². The first kappa shape index (κ1) is 11.9. The predicted molar refractivity (Wildman–Crippen MR) is 66.5 cm³/mol. The third-order valence-electron chi connectivity index (χ3n) is 2.85. The molecule has 1 heterocycles. The molecule has 1 aromatic rings. The molecule has 0 bridgehead atoms. The molecule has 1 aromatic carbocycles. The Morgan fingerprint density at radius 1 is 1.59 bits per heavy atom. The van der Waals surface area contributed by atoms with Gasteiger partial charge < -0.3 is 10.6 Å². The first-order valence-corrected chi connectivity index (χ1v) is 5.58. The van der Waals surface area contributed by atoms with Crippen LogP contribution in [-0.4, -0.2) is 12.5 Å². The molecule has 17 heavy (non-hydrogen) atoms. The molecule has 1 unspecified atom stereocenters. The number of amides is 1. The lowest BCUT2D eigenvalue weighted by molar-refractivity contribution is -0.117. The molecular weight excluding hydrogens is 243 g/mol. The molecular formula is C12H12ClFN2O. The molecule has 90 valence electrons. The van der Waals surface area contributed by atoms with Crippen LogP contribution in [0.5, 0.6) is 0 Å². The number of carbonyl (C=O) groups excluding carboxylic acids is 1.